The average Bonchev–Trinajstić information content (AvgIpc) is 3.54. The number of rotatable bonds is 5. The summed E-state index contributed by atoms with van der Waals surface area (Å²) < 4.78 is 2.27. The summed E-state index contributed by atoms with van der Waals surface area (Å²) in [6, 6.07) is 30.9. The van der Waals surface area contributed by atoms with Crippen molar-refractivity contribution in [2.75, 3.05) is 0 Å². The minimum absolute atomic E-state index is 0. The minimum atomic E-state index is -0.233. The normalized spacial score (nSPS) is 13.3. The van der Waals surface area contributed by atoms with Crippen molar-refractivity contribution < 1.29 is 26.2 Å². The van der Waals surface area contributed by atoms with E-state index in [1.54, 1.807) is 6.07 Å². The molecule has 0 saturated carbocycles. The first-order chi connectivity index (χ1) is 20.7. The monoisotopic (exact) mass is 757 g/mol. The van der Waals surface area contributed by atoms with Crippen molar-refractivity contribution in [1.82, 2.24) is 14.5 Å². The van der Waals surface area contributed by atoms with E-state index >= 15 is 0 Å². The molecule has 4 nitrogen and oxygen atoms in total. The Hall–Kier alpha value is -4.01. The Morgan fingerprint density at radius 2 is 1.48 bits per heavy atom. The smallest absolute Gasteiger partial charge is 0.0904 e. The summed E-state index contributed by atoms with van der Waals surface area (Å²) in [5, 5.41) is 12.1. The van der Waals surface area contributed by atoms with Crippen molar-refractivity contribution >= 4 is 10.9 Å². The number of hydrogen-bond acceptors (Lipinski definition) is 3. The number of imidazole rings is 1. The topological polar surface area (TPSA) is 50.9 Å². The molecule has 6 aromatic rings. The molecule has 0 unspecified atom stereocenters. The van der Waals surface area contributed by atoms with Crippen molar-refractivity contribution in [3.63, 3.8) is 0 Å². The van der Waals surface area contributed by atoms with Gasteiger partial charge in [-0.3, -0.25) is 9.97 Å². The molecule has 0 bridgehead atoms. The molecule has 1 N–H and O–H groups in total. The maximum atomic E-state index is 11.0. The first kappa shape index (κ1) is 30.0. The van der Waals surface area contributed by atoms with Crippen LogP contribution in [-0.4, -0.2) is 19.6 Å². The molecule has 2 heterocycles. The first-order valence-electron chi connectivity index (χ1n) is 15.1. The Bertz CT molecular complexity index is 2000. The Morgan fingerprint density at radius 1 is 0.795 bits per heavy atom. The number of phenols is 1. The van der Waals surface area contributed by atoms with Gasteiger partial charge in [0.1, 0.15) is 0 Å². The van der Waals surface area contributed by atoms with Crippen LogP contribution in [0.3, 0.4) is 0 Å². The van der Waals surface area contributed by atoms with Crippen LogP contribution in [0.15, 0.2) is 91.3 Å². The van der Waals surface area contributed by atoms with Crippen LogP contribution in [0, 0.1) is 6.07 Å². The van der Waals surface area contributed by atoms with Crippen LogP contribution in [0.1, 0.15) is 75.6 Å². The fourth-order valence-electron chi connectivity index (χ4n) is 6.78. The summed E-state index contributed by atoms with van der Waals surface area (Å²) in [6.07, 6.45) is 4.01. The molecule has 4 aromatic carbocycles. The van der Waals surface area contributed by atoms with Crippen molar-refractivity contribution in [2.24, 2.45) is 0 Å². The second kappa shape index (κ2) is 11.2. The summed E-state index contributed by atoms with van der Waals surface area (Å²) in [6.45, 7) is 13.4. The molecule has 7 rings (SSSR count). The van der Waals surface area contributed by atoms with Crippen LogP contribution >= 0.6 is 0 Å². The van der Waals surface area contributed by atoms with Gasteiger partial charge in [-0.2, -0.15) is 0 Å². The Labute approximate surface area is 274 Å². The number of benzene rings is 4. The van der Waals surface area contributed by atoms with Crippen LogP contribution < -0.4 is 0 Å². The van der Waals surface area contributed by atoms with Crippen LogP contribution in [0.25, 0.3) is 50.4 Å². The number of phenolic OH excluding ortho intramolecular Hbond substituents is 1. The number of fused-ring (bicyclic) bond motifs is 4. The second-order valence-corrected chi connectivity index (χ2v) is 12.8. The fraction of sp³-hybridized carbons (Fsp3) is 0.231. The minimum Gasteiger partial charge on any atom is -0.515 e. The molecule has 0 radical (unpaired) electrons. The third-order valence-corrected chi connectivity index (χ3v) is 9.02. The van der Waals surface area contributed by atoms with Gasteiger partial charge in [0.2, 0.25) is 0 Å². The van der Waals surface area contributed by atoms with Crippen LogP contribution in [-0.2, 0) is 26.5 Å². The molecule has 5 heteroatoms. The second-order valence-electron chi connectivity index (χ2n) is 12.8. The van der Waals surface area contributed by atoms with E-state index in [2.05, 4.69) is 119 Å². The summed E-state index contributed by atoms with van der Waals surface area (Å²) in [5.41, 5.74) is 11.3. The standard InChI is InChI=1S/C39H36N3O.Pt/c1-23(2)27-13-8-14-28(24(3)4)37(27)42-22-33(29-15-7-11-25-12-10-20-40-36(25)29)41-38(42)26-18-19-31-30(21-26)35-32(39(31,5)6)16-9-17-34(35)43;/h7-20,22-24,43H,1-6H3;/q-1;. The molecule has 0 aliphatic heterocycles. The van der Waals surface area contributed by atoms with Crippen molar-refractivity contribution in [2.45, 2.75) is 58.8 Å². The molecule has 1 aliphatic carbocycles. The summed E-state index contributed by atoms with van der Waals surface area (Å²) in [7, 11) is 0. The largest absolute Gasteiger partial charge is 0.515 e. The van der Waals surface area contributed by atoms with Crippen molar-refractivity contribution in [3.05, 3.63) is 120 Å². The van der Waals surface area contributed by atoms with E-state index in [9.17, 15) is 5.11 Å². The zero-order valence-electron chi connectivity index (χ0n) is 25.9. The summed E-state index contributed by atoms with van der Waals surface area (Å²) >= 11 is 0. The predicted octanol–water partition coefficient (Wildman–Crippen LogP) is 9.81. The Kier molecular flexibility index (Phi) is 7.62. The summed E-state index contributed by atoms with van der Waals surface area (Å²) in [4.78, 5) is 10.1. The van der Waals surface area contributed by atoms with Gasteiger partial charge in [0.05, 0.1) is 22.8 Å². The number of pyridine rings is 1. The molecule has 0 fully saturated rings. The van der Waals surface area contributed by atoms with Gasteiger partial charge in [-0.05, 0) is 46.1 Å². The number of aromatic hydroxyl groups is 1. The predicted molar refractivity (Wildman–Crippen MR) is 176 cm³/mol. The first-order valence-corrected chi connectivity index (χ1v) is 15.1. The third kappa shape index (κ3) is 4.63. The number of nitrogens with zero attached hydrogens (tertiary/aromatic N) is 3. The molecule has 0 amide bonds. The number of hydrogen-bond donors (Lipinski definition) is 1. The van der Waals surface area contributed by atoms with E-state index in [-0.39, 0.29) is 32.2 Å². The molecule has 44 heavy (non-hydrogen) atoms. The van der Waals surface area contributed by atoms with E-state index in [1.165, 1.54) is 16.8 Å². The SMILES string of the molecule is CC(C)c1cccc(C(C)C)c1-n1cc(-c2cccc3cccnc23)nc1-c1[c-]c2c(cc1)C(C)(C)c1cccc(O)c1-2.[Pt]. The van der Waals surface area contributed by atoms with Gasteiger partial charge in [-0.15, -0.1) is 29.3 Å². The van der Waals surface area contributed by atoms with Gasteiger partial charge >= 0.3 is 0 Å². The number of aromatic nitrogens is 3. The van der Waals surface area contributed by atoms with Crippen LogP contribution in [0.5, 0.6) is 5.75 Å². The fourth-order valence-corrected chi connectivity index (χ4v) is 6.78. The van der Waals surface area contributed by atoms with Gasteiger partial charge in [-0.25, -0.2) is 0 Å². The van der Waals surface area contributed by atoms with E-state index in [1.807, 2.05) is 18.3 Å². The van der Waals surface area contributed by atoms with Gasteiger partial charge in [0.15, 0.2) is 0 Å². The van der Waals surface area contributed by atoms with E-state index in [4.69, 9.17) is 9.97 Å². The number of para-hydroxylation sites is 2. The molecule has 0 atom stereocenters. The van der Waals surface area contributed by atoms with E-state index < -0.39 is 0 Å². The molecule has 0 spiro atoms. The Balaban J connectivity index is 0.00000343. The van der Waals surface area contributed by atoms with Gasteiger partial charge < -0.3 is 9.67 Å². The van der Waals surface area contributed by atoms with Crippen molar-refractivity contribution in [3.8, 4) is 45.2 Å². The zero-order valence-corrected chi connectivity index (χ0v) is 28.2. The maximum absolute atomic E-state index is 11.0. The third-order valence-electron chi connectivity index (χ3n) is 9.02. The average molecular weight is 758 g/mol. The molecule has 224 valence electrons. The zero-order chi connectivity index (χ0) is 30.0. The van der Waals surface area contributed by atoms with Crippen LogP contribution in [0.4, 0.5) is 0 Å². The van der Waals surface area contributed by atoms with Gasteiger partial charge in [0, 0.05) is 50.1 Å². The molecular formula is C39H36N3OPt-. The maximum Gasteiger partial charge on any atom is 0.0904 e. The van der Waals surface area contributed by atoms with Crippen LogP contribution in [0.2, 0.25) is 0 Å². The quantitative estimate of drug-likeness (QED) is 0.178. The van der Waals surface area contributed by atoms with Crippen molar-refractivity contribution in [1.29, 1.82) is 0 Å². The molecular weight excluding hydrogens is 722 g/mol. The Morgan fingerprint density at radius 3 is 2.20 bits per heavy atom. The molecule has 2 aromatic heterocycles. The van der Waals surface area contributed by atoms with Gasteiger partial charge in [0.25, 0.3) is 0 Å². The van der Waals surface area contributed by atoms with Gasteiger partial charge in [-0.1, -0.05) is 107 Å². The van der Waals surface area contributed by atoms with E-state index in [0.29, 0.717) is 11.8 Å². The molecule has 0 saturated heterocycles. The summed E-state index contributed by atoms with van der Waals surface area (Å²) in [5.74, 6) is 1.75. The van der Waals surface area contributed by atoms with E-state index in [0.717, 1.165) is 55.8 Å². The molecule has 1 aliphatic rings.